The number of alkyl halides is 3. The van der Waals surface area contributed by atoms with Gasteiger partial charge < -0.3 is 10.2 Å². The third-order valence-corrected chi connectivity index (χ3v) is 2.91. The van der Waals surface area contributed by atoms with Crippen molar-refractivity contribution in [3.05, 3.63) is 29.3 Å². The Bertz CT molecular complexity index is 476. The van der Waals surface area contributed by atoms with Crippen molar-refractivity contribution >= 4 is 18.1 Å². The highest BCUT2D eigenvalue weighted by Crippen LogP contribution is 2.34. The molecule has 104 valence electrons. The van der Waals surface area contributed by atoms with E-state index in [0.717, 1.165) is 19.2 Å². The molecule has 1 N–H and O–H groups in total. The molecule has 0 saturated carbocycles. The van der Waals surface area contributed by atoms with Crippen molar-refractivity contribution in [2.75, 3.05) is 31.1 Å². The monoisotopic (exact) mass is 291 g/mol. The van der Waals surface area contributed by atoms with Crippen LogP contribution < -0.4 is 10.2 Å². The van der Waals surface area contributed by atoms with E-state index in [-0.39, 0.29) is 18.0 Å². The van der Waals surface area contributed by atoms with Crippen LogP contribution in [0.3, 0.4) is 0 Å². The first-order valence-corrected chi connectivity index (χ1v) is 5.59. The fourth-order valence-corrected chi connectivity index (χ4v) is 1.98. The van der Waals surface area contributed by atoms with Crippen LogP contribution in [0.5, 0.6) is 0 Å². The molecule has 7 heteroatoms. The molecule has 0 aliphatic carbocycles. The van der Waals surface area contributed by atoms with Gasteiger partial charge in [-0.05, 0) is 18.2 Å². The van der Waals surface area contributed by atoms with Crippen LogP contribution in [0.1, 0.15) is 11.1 Å². The van der Waals surface area contributed by atoms with Gasteiger partial charge in [0.05, 0.1) is 17.2 Å². The molecular formula is C12H13ClF3N3. The predicted molar refractivity (Wildman–Crippen MR) is 68.5 cm³/mol. The van der Waals surface area contributed by atoms with Crippen LogP contribution in [0.4, 0.5) is 18.9 Å². The van der Waals surface area contributed by atoms with Crippen molar-refractivity contribution in [2.24, 2.45) is 0 Å². The number of nitriles is 1. The molecule has 1 aromatic carbocycles. The lowest BCUT2D eigenvalue weighted by atomic mass is 10.1. The smallest absolute Gasteiger partial charge is 0.369 e. The number of hydrogen-bond acceptors (Lipinski definition) is 3. The summed E-state index contributed by atoms with van der Waals surface area (Å²) in [7, 11) is 0. The first kappa shape index (κ1) is 15.6. The van der Waals surface area contributed by atoms with E-state index in [1.54, 1.807) is 12.1 Å². The van der Waals surface area contributed by atoms with Crippen LogP contribution in [-0.4, -0.2) is 26.2 Å². The Morgan fingerprint density at radius 1 is 1.21 bits per heavy atom. The van der Waals surface area contributed by atoms with Gasteiger partial charge in [-0.3, -0.25) is 0 Å². The van der Waals surface area contributed by atoms with Crippen LogP contribution in [0.2, 0.25) is 0 Å². The highest BCUT2D eigenvalue weighted by molar-refractivity contribution is 5.85. The second-order valence-corrected chi connectivity index (χ2v) is 4.08. The van der Waals surface area contributed by atoms with Gasteiger partial charge in [0.2, 0.25) is 0 Å². The molecule has 0 unspecified atom stereocenters. The van der Waals surface area contributed by atoms with Gasteiger partial charge >= 0.3 is 6.18 Å². The van der Waals surface area contributed by atoms with E-state index in [9.17, 15) is 13.2 Å². The van der Waals surface area contributed by atoms with Crippen LogP contribution >= 0.6 is 12.4 Å². The van der Waals surface area contributed by atoms with Gasteiger partial charge in [-0.2, -0.15) is 18.4 Å². The molecule has 0 amide bonds. The third kappa shape index (κ3) is 3.52. The van der Waals surface area contributed by atoms with Gasteiger partial charge in [-0.25, -0.2) is 0 Å². The molecule has 0 radical (unpaired) electrons. The molecule has 0 atom stereocenters. The SMILES string of the molecule is Cl.N#Cc1ccc(N2CCNCC2)cc1C(F)(F)F. The second kappa shape index (κ2) is 6.13. The third-order valence-electron chi connectivity index (χ3n) is 2.91. The number of halogens is 4. The van der Waals surface area contributed by atoms with Crippen molar-refractivity contribution in [3.63, 3.8) is 0 Å². The number of hydrogen-bond donors (Lipinski definition) is 1. The molecule has 1 aliphatic rings. The summed E-state index contributed by atoms with van der Waals surface area (Å²) in [6.45, 7) is 2.84. The zero-order valence-electron chi connectivity index (χ0n) is 10.00. The summed E-state index contributed by atoms with van der Waals surface area (Å²) in [5, 5.41) is 11.8. The summed E-state index contributed by atoms with van der Waals surface area (Å²) < 4.78 is 38.4. The Labute approximate surface area is 115 Å². The molecule has 3 nitrogen and oxygen atoms in total. The van der Waals surface area contributed by atoms with E-state index >= 15 is 0 Å². The fraction of sp³-hybridized carbons (Fsp3) is 0.417. The second-order valence-electron chi connectivity index (χ2n) is 4.08. The Morgan fingerprint density at radius 3 is 2.37 bits per heavy atom. The summed E-state index contributed by atoms with van der Waals surface area (Å²) in [5.74, 6) is 0. The summed E-state index contributed by atoms with van der Waals surface area (Å²) in [5.41, 5.74) is -0.676. The average Bonchev–Trinajstić information content (AvgIpc) is 2.38. The predicted octanol–water partition coefficient (Wildman–Crippen LogP) is 2.41. The van der Waals surface area contributed by atoms with Gasteiger partial charge in [-0.15, -0.1) is 12.4 Å². The zero-order valence-corrected chi connectivity index (χ0v) is 10.8. The topological polar surface area (TPSA) is 39.1 Å². The van der Waals surface area contributed by atoms with Crippen molar-refractivity contribution in [1.29, 1.82) is 5.26 Å². The van der Waals surface area contributed by atoms with Crippen molar-refractivity contribution in [2.45, 2.75) is 6.18 Å². The lowest BCUT2D eigenvalue weighted by molar-refractivity contribution is -0.137. The van der Waals surface area contributed by atoms with E-state index in [2.05, 4.69) is 5.32 Å². The normalized spacial score (nSPS) is 15.6. The standard InChI is InChI=1S/C12H12F3N3.ClH/c13-12(14,15)11-7-10(2-1-9(11)8-16)18-5-3-17-4-6-18;/h1-2,7,17H,3-6H2;1H. The van der Waals surface area contributed by atoms with Gasteiger partial charge in [0.1, 0.15) is 0 Å². The summed E-state index contributed by atoms with van der Waals surface area (Å²) >= 11 is 0. The number of piperazine rings is 1. The Balaban J connectivity index is 0.00000180. The lowest BCUT2D eigenvalue weighted by Crippen LogP contribution is -2.43. The minimum atomic E-state index is -4.49. The summed E-state index contributed by atoms with van der Waals surface area (Å²) in [6.07, 6.45) is -4.49. The number of nitrogens with one attached hydrogen (secondary N) is 1. The highest BCUT2D eigenvalue weighted by Gasteiger charge is 2.34. The van der Waals surface area contributed by atoms with E-state index in [4.69, 9.17) is 5.26 Å². The molecule has 1 aromatic rings. The van der Waals surface area contributed by atoms with Crippen LogP contribution in [0.25, 0.3) is 0 Å². The fourth-order valence-electron chi connectivity index (χ4n) is 1.98. The Morgan fingerprint density at radius 2 is 1.84 bits per heavy atom. The van der Waals surface area contributed by atoms with Gasteiger partial charge in [0.15, 0.2) is 0 Å². The van der Waals surface area contributed by atoms with Gasteiger partial charge in [-0.1, -0.05) is 0 Å². The van der Waals surface area contributed by atoms with Crippen LogP contribution in [0, 0.1) is 11.3 Å². The number of anilines is 1. The first-order valence-electron chi connectivity index (χ1n) is 5.59. The van der Waals surface area contributed by atoms with Crippen LogP contribution in [0.15, 0.2) is 18.2 Å². The molecule has 1 saturated heterocycles. The molecule has 19 heavy (non-hydrogen) atoms. The van der Waals surface area contributed by atoms with Gasteiger partial charge in [0, 0.05) is 31.9 Å². The van der Waals surface area contributed by atoms with Crippen LogP contribution in [-0.2, 0) is 6.18 Å². The van der Waals surface area contributed by atoms with E-state index in [0.29, 0.717) is 18.8 Å². The molecule has 1 heterocycles. The number of benzene rings is 1. The average molecular weight is 292 g/mol. The Hall–Kier alpha value is -1.45. The maximum absolute atomic E-state index is 12.8. The minimum absolute atomic E-state index is 0. The quantitative estimate of drug-likeness (QED) is 0.864. The molecular weight excluding hydrogens is 279 g/mol. The summed E-state index contributed by atoms with van der Waals surface area (Å²) in [6, 6.07) is 5.45. The van der Waals surface area contributed by atoms with Gasteiger partial charge in [0.25, 0.3) is 0 Å². The number of rotatable bonds is 1. The maximum Gasteiger partial charge on any atom is 0.417 e. The van der Waals surface area contributed by atoms with Crippen molar-refractivity contribution < 1.29 is 13.2 Å². The van der Waals surface area contributed by atoms with Crippen molar-refractivity contribution in [3.8, 4) is 6.07 Å². The van der Waals surface area contributed by atoms with E-state index < -0.39 is 11.7 Å². The number of nitrogens with zero attached hydrogens (tertiary/aromatic N) is 2. The minimum Gasteiger partial charge on any atom is -0.369 e. The lowest BCUT2D eigenvalue weighted by Gasteiger charge is -2.30. The van der Waals surface area contributed by atoms with E-state index in [1.807, 2.05) is 4.90 Å². The molecule has 2 rings (SSSR count). The Kier molecular flexibility index (Phi) is 5.04. The molecule has 0 bridgehead atoms. The highest BCUT2D eigenvalue weighted by atomic mass is 35.5. The van der Waals surface area contributed by atoms with Crippen molar-refractivity contribution in [1.82, 2.24) is 5.32 Å². The maximum atomic E-state index is 12.8. The summed E-state index contributed by atoms with van der Waals surface area (Å²) in [4.78, 5) is 1.88. The molecule has 1 fully saturated rings. The zero-order chi connectivity index (χ0) is 13.2. The first-order chi connectivity index (χ1) is 8.52. The van der Waals surface area contributed by atoms with E-state index in [1.165, 1.54) is 6.07 Å². The molecule has 1 aliphatic heterocycles. The molecule has 0 aromatic heterocycles. The molecule has 0 spiro atoms. The largest absolute Gasteiger partial charge is 0.417 e.